The van der Waals surface area contributed by atoms with E-state index < -0.39 is 0 Å². The first-order valence-electron chi connectivity index (χ1n) is 7.69. The molecule has 0 aliphatic carbocycles. The number of nitrogens with one attached hydrogen (secondary N) is 1. The van der Waals surface area contributed by atoms with Crippen LogP contribution in [0.3, 0.4) is 0 Å². The monoisotopic (exact) mass is 277 g/mol. The summed E-state index contributed by atoms with van der Waals surface area (Å²) in [4.78, 5) is 0. The van der Waals surface area contributed by atoms with Crippen molar-refractivity contribution in [3.63, 3.8) is 0 Å². The summed E-state index contributed by atoms with van der Waals surface area (Å²) >= 11 is 0. The molecular formula is C17H27NO2. The summed E-state index contributed by atoms with van der Waals surface area (Å²) in [5.74, 6) is 1.07. The van der Waals surface area contributed by atoms with Gasteiger partial charge in [0.2, 0.25) is 0 Å². The normalized spacial score (nSPS) is 16.4. The topological polar surface area (TPSA) is 30.5 Å². The van der Waals surface area contributed by atoms with Crippen molar-refractivity contribution in [1.29, 1.82) is 0 Å². The van der Waals surface area contributed by atoms with E-state index in [4.69, 9.17) is 9.47 Å². The molecular weight excluding hydrogens is 250 g/mol. The van der Waals surface area contributed by atoms with Crippen LogP contribution in [0.15, 0.2) is 18.2 Å². The molecule has 1 aromatic carbocycles. The SMILES string of the molecule is CCC(CC)(OC)C(NC)c1cccc2c1OCCC2. The van der Waals surface area contributed by atoms with E-state index in [2.05, 4.69) is 37.4 Å². The number of hydrogen-bond donors (Lipinski definition) is 1. The van der Waals surface area contributed by atoms with Gasteiger partial charge in [-0.15, -0.1) is 0 Å². The van der Waals surface area contributed by atoms with Crippen LogP contribution in [0.5, 0.6) is 5.75 Å². The minimum atomic E-state index is -0.190. The number of fused-ring (bicyclic) bond motifs is 1. The van der Waals surface area contributed by atoms with Gasteiger partial charge in [0.1, 0.15) is 5.75 Å². The highest BCUT2D eigenvalue weighted by Gasteiger charge is 2.38. The number of methoxy groups -OCH3 is 1. The highest BCUT2D eigenvalue weighted by Crippen LogP contribution is 2.41. The molecule has 1 aromatic rings. The zero-order valence-electron chi connectivity index (χ0n) is 13.2. The van der Waals surface area contributed by atoms with Crippen LogP contribution in [-0.2, 0) is 11.2 Å². The summed E-state index contributed by atoms with van der Waals surface area (Å²) in [6, 6.07) is 6.64. The van der Waals surface area contributed by atoms with Gasteiger partial charge < -0.3 is 14.8 Å². The molecule has 1 unspecified atom stereocenters. The molecule has 112 valence electrons. The third-order valence-corrected chi connectivity index (χ3v) is 4.69. The summed E-state index contributed by atoms with van der Waals surface area (Å²) in [5.41, 5.74) is 2.37. The quantitative estimate of drug-likeness (QED) is 0.863. The van der Waals surface area contributed by atoms with Crippen molar-refractivity contribution in [3.8, 4) is 5.75 Å². The lowest BCUT2D eigenvalue weighted by Crippen LogP contribution is -2.44. The minimum Gasteiger partial charge on any atom is -0.493 e. The van der Waals surface area contributed by atoms with Crippen molar-refractivity contribution in [2.45, 2.75) is 51.2 Å². The Hall–Kier alpha value is -1.06. The Kier molecular flexibility index (Phi) is 5.06. The summed E-state index contributed by atoms with van der Waals surface area (Å²) in [7, 11) is 3.82. The molecule has 0 saturated carbocycles. The Labute approximate surface area is 122 Å². The fourth-order valence-corrected chi connectivity index (χ4v) is 3.41. The van der Waals surface area contributed by atoms with E-state index in [9.17, 15) is 0 Å². The molecule has 0 spiro atoms. The largest absolute Gasteiger partial charge is 0.493 e. The molecule has 0 amide bonds. The number of para-hydroxylation sites is 1. The van der Waals surface area contributed by atoms with Gasteiger partial charge in [0.15, 0.2) is 0 Å². The van der Waals surface area contributed by atoms with Crippen LogP contribution in [0.4, 0.5) is 0 Å². The number of ether oxygens (including phenoxy) is 2. The lowest BCUT2D eigenvalue weighted by molar-refractivity contribution is -0.0474. The van der Waals surface area contributed by atoms with Gasteiger partial charge in [0, 0.05) is 12.7 Å². The first-order chi connectivity index (χ1) is 9.72. The number of rotatable bonds is 6. The van der Waals surface area contributed by atoms with Gasteiger partial charge in [0.05, 0.1) is 18.2 Å². The fraction of sp³-hybridized carbons (Fsp3) is 0.647. The van der Waals surface area contributed by atoms with E-state index >= 15 is 0 Å². The van der Waals surface area contributed by atoms with Crippen LogP contribution in [0.2, 0.25) is 0 Å². The van der Waals surface area contributed by atoms with Crippen LogP contribution in [0.1, 0.15) is 50.3 Å². The van der Waals surface area contributed by atoms with Gasteiger partial charge in [-0.25, -0.2) is 0 Å². The van der Waals surface area contributed by atoms with Gasteiger partial charge in [-0.3, -0.25) is 0 Å². The highest BCUT2D eigenvalue weighted by atomic mass is 16.5. The first-order valence-corrected chi connectivity index (χ1v) is 7.69. The first kappa shape index (κ1) is 15.3. The predicted octanol–water partition coefficient (Wildman–Crippen LogP) is 3.48. The van der Waals surface area contributed by atoms with Gasteiger partial charge >= 0.3 is 0 Å². The molecule has 0 bridgehead atoms. The molecule has 0 saturated heterocycles. The zero-order valence-corrected chi connectivity index (χ0v) is 13.2. The van der Waals surface area contributed by atoms with Crippen LogP contribution in [0, 0.1) is 0 Å². The van der Waals surface area contributed by atoms with Crippen molar-refractivity contribution in [3.05, 3.63) is 29.3 Å². The number of hydrogen-bond acceptors (Lipinski definition) is 3. The van der Waals surface area contributed by atoms with Gasteiger partial charge in [-0.2, -0.15) is 0 Å². The summed E-state index contributed by atoms with van der Waals surface area (Å²) in [6.45, 7) is 5.19. The highest BCUT2D eigenvalue weighted by molar-refractivity contribution is 5.45. The molecule has 1 aliphatic rings. The molecule has 0 aromatic heterocycles. The lowest BCUT2D eigenvalue weighted by atomic mass is 9.82. The van der Waals surface area contributed by atoms with E-state index in [1.807, 2.05) is 14.2 Å². The van der Waals surface area contributed by atoms with E-state index in [1.54, 1.807) is 0 Å². The number of likely N-dealkylation sites (N-methyl/N-ethyl adjacent to an activating group) is 1. The van der Waals surface area contributed by atoms with Crippen molar-refractivity contribution in [2.24, 2.45) is 0 Å². The van der Waals surface area contributed by atoms with Crippen molar-refractivity contribution in [2.75, 3.05) is 20.8 Å². The standard InChI is InChI=1S/C17H27NO2/c1-5-17(6-2,19-4)16(18-3)14-11-7-9-13-10-8-12-20-15(13)14/h7,9,11,16,18H,5-6,8,10,12H2,1-4H3. The summed E-state index contributed by atoms with van der Waals surface area (Å²) < 4.78 is 11.9. The van der Waals surface area contributed by atoms with E-state index in [-0.39, 0.29) is 11.6 Å². The Morgan fingerprint density at radius 1 is 1.35 bits per heavy atom. The molecule has 2 rings (SSSR count). The zero-order chi connectivity index (χ0) is 14.6. The molecule has 1 atom stereocenters. The van der Waals surface area contributed by atoms with Gasteiger partial charge in [-0.05, 0) is 38.3 Å². The molecule has 3 heteroatoms. The van der Waals surface area contributed by atoms with E-state index in [0.29, 0.717) is 0 Å². The summed E-state index contributed by atoms with van der Waals surface area (Å²) in [5, 5.41) is 3.46. The maximum Gasteiger partial charge on any atom is 0.127 e. The second-order valence-electron chi connectivity index (χ2n) is 5.49. The third-order valence-electron chi connectivity index (χ3n) is 4.69. The Morgan fingerprint density at radius 3 is 2.70 bits per heavy atom. The Balaban J connectivity index is 2.46. The fourth-order valence-electron chi connectivity index (χ4n) is 3.41. The van der Waals surface area contributed by atoms with Gasteiger partial charge in [-0.1, -0.05) is 32.0 Å². The third kappa shape index (κ3) is 2.57. The van der Waals surface area contributed by atoms with Crippen LogP contribution < -0.4 is 10.1 Å². The average Bonchev–Trinajstić information content (AvgIpc) is 2.52. The van der Waals surface area contributed by atoms with Crippen molar-refractivity contribution in [1.82, 2.24) is 5.32 Å². The molecule has 1 heterocycles. The van der Waals surface area contributed by atoms with Crippen LogP contribution >= 0.6 is 0 Å². The molecule has 0 fully saturated rings. The van der Waals surface area contributed by atoms with Crippen LogP contribution in [-0.4, -0.2) is 26.4 Å². The van der Waals surface area contributed by atoms with Crippen molar-refractivity contribution >= 4 is 0 Å². The molecule has 1 N–H and O–H groups in total. The van der Waals surface area contributed by atoms with Crippen molar-refractivity contribution < 1.29 is 9.47 Å². The number of aryl methyl sites for hydroxylation is 1. The van der Waals surface area contributed by atoms with Crippen LogP contribution in [0.25, 0.3) is 0 Å². The van der Waals surface area contributed by atoms with E-state index in [0.717, 1.165) is 38.0 Å². The molecule has 3 nitrogen and oxygen atoms in total. The predicted molar refractivity (Wildman–Crippen MR) is 82.4 cm³/mol. The number of benzene rings is 1. The van der Waals surface area contributed by atoms with E-state index in [1.165, 1.54) is 11.1 Å². The summed E-state index contributed by atoms with van der Waals surface area (Å²) in [6.07, 6.45) is 4.15. The lowest BCUT2D eigenvalue weighted by Gasteiger charge is -2.39. The second kappa shape index (κ2) is 6.59. The van der Waals surface area contributed by atoms with Gasteiger partial charge in [0.25, 0.3) is 0 Å². The Morgan fingerprint density at radius 2 is 2.10 bits per heavy atom. The molecule has 0 radical (unpaired) electrons. The Bertz CT molecular complexity index is 432. The molecule has 20 heavy (non-hydrogen) atoms. The maximum absolute atomic E-state index is 5.97. The molecule has 1 aliphatic heterocycles. The maximum atomic E-state index is 5.97. The smallest absolute Gasteiger partial charge is 0.127 e. The average molecular weight is 277 g/mol. The second-order valence-corrected chi connectivity index (χ2v) is 5.49. The minimum absolute atomic E-state index is 0.149.